The van der Waals surface area contributed by atoms with Gasteiger partial charge in [-0.25, -0.2) is 14.6 Å². The van der Waals surface area contributed by atoms with E-state index in [1.54, 1.807) is 0 Å². The second-order valence-electron chi connectivity index (χ2n) is 3.97. The van der Waals surface area contributed by atoms with Gasteiger partial charge in [-0.15, -0.1) is 0 Å². The molecule has 0 unspecified atom stereocenters. The summed E-state index contributed by atoms with van der Waals surface area (Å²) in [6.45, 7) is 0. The number of thioether (sulfide) groups is 1. The largest absolute Gasteiger partial charge is 0.466 e. The zero-order valence-corrected chi connectivity index (χ0v) is 12.3. The van der Waals surface area contributed by atoms with Gasteiger partial charge in [0.25, 0.3) is 0 Å². The van der Waals surface area contributed by atoms with Crippen LogP contribution in [-0.2, 0) is 19.1 Å². The van der Waals surface area contributed by atoms with E-state index < -0.39 is 11.9 Å². The summed E-state index contributed by atoms with van der Waals surface area (Å²) in [7, 11) is 2.56. The second kappa shape index (κ2) is 6.90. The van der Waals surface area contributed by atoms with Crippen molar-refractivity contribution in [1.29, 1.82) is 0 Å². The lowest BCUT2D eigenvalue weighted by atomic mass is 10.2. The molecular weight excluding hydrogens is 290 g/mol. The van der Waals surface area contributed by atoms with Crippen molar-refractivity contribution in [2.75, 3.05) is 14.2 Å². The number of benzene rings is 1. The summed E-state index contributed by atoms with van der Waals surface area (Å²) >= 11 is 1.22. The van der Waals surface area contributed by atoms with Gasteiger partial charge in [0.1, 0.15) is 5.04 Å². The fraction of sp³-hybridized carbons (Fsp3) is 0.133. The molecule has 0 amide bonds. The molecular formula is C15H13NO4S. The Morgan fingerprint density at radius 2 is 1.86 bits per heavy atom. The van der Waals surface area contributed by atoms with E-state index in [1.165, 1.54) is 38.3 Å². The molecule has 0 fully saturated rings. The molecule has 0 spiro atoms. The van der Waals surface area contributed by atoms with Crippen molar-refractivity contribution in [2.24, 2.45) is 4.99 Å². The molecule has 0 aromatic heterocycles. The van der Waals surface area contributed by atoms with E-state index in [4.69, 9.17) is 4.74 Å². The van der Waals surface area contributed by atoms with Gasteiger partial charge in [0, 0.05) is 22.7 Å². The Kier molecular flexibility index (Phi) is 4.94. The Bertz CT molecular complexity index is 647. The van der Waals surface area contributed by atoms with Crippen molar-refractivity contribution >= 4 is 28.7 Å². The van der Waals surface area contributed by atoms with E-state index in [9.17, 15) is 9.59 Å². The molecule has 5 nitrogen and oxygen atoms in total. The fourth-order valence-corrected chi connectivity index (χ4v) is 2.59. The second-order valence-corrected chi connectivity index (χ2v) is 5.00. The van der Waals surface area contributed by atoms with E-state index in [0.29, 0.717) is 9.95 Å². The minimum Gasteiger partial charge on any atom is -0.466 e. The first-order chi connectivity index (χ1) is 10.2. The van der Waals surface area contributed by atoms with Gasteiger partial charge in [0.15, 0.2) is 0 Å². The first-order valence-corrected chi connectivity index (χ1v) is 6.87. The van der Waals surface area contributed by atoms with Gasteiger partial charge in [-0.3, -0.25) is 0 Å². The van der Waals surface area contributed by atoms with Crippen LogP contribution in [0, 0.1) is 0 Å². The van der Waals surface area contributed by atoms with Crippen molar-refractivity contribution in [3.05, 3.63) is 58.6 Å². The van der Waals surface area contributed by atoms with Gasteiger partial charge >= 0.3 is 11.9 Å². The summed E-state index contributed by atoms with van der Waals surface area (Å²) in [6, 6.07) is 9.49. The number of nitrogens with zero attached hydrogens (tertiary/aromatic N) is 1. The quantitative estimate of drug-likeness (QED) is 0.633. The molecule has 1 aliphatic heterocycles. The van der Waals surface area contributed by atoms with Crippen molar-refractivity contribution in [3.63, 3.8) is 0 Å². The molecule has 2 rings (SSSR count). The number of carbonyl (C=O) groups is 2. The molecule has 0 saturated carbocycles. The Labute approximate surface area is 126 Å². The van der Waals surface area contributed by atoms with Crippen LogP contribution in [0.4, 0.5) is 0 Å². The molecule has 0 N–H and O–H groups in total. The summed E-state index contributed by atoms with van der Waals surface area (Å²) < 4.78 is 9.30. The minimum absolute atomic E-state index is 0.229. The topological polar surface area (TPSA) is 65.0 Å². The number of carbonyl (C=O) groups excluding carboxylic acids is 2. The molecule has 1 heterocycles. The Morgan fingerprint density at radius 1 is 1.14 bits per heavy atom. The summed E-state index contributed by atoms with van der Waals surface area (Å²) in [5.41, 5.74) is 1.13. The van der Waals surface area contributed by atoms with E-state index >= 15 is 0 Å². The molecule has 0 saturated heterocycles. The molecule has 108 valence electrons. The number of rotatable bonds is 3. The number of hydrogen-bond acceptors (Lipinski definition) is 6. The third-order valence-corrected chi connectivity index (χ3v) is 3.75. The molecule has 0 radical (unpaired) electrons. The lowest BCUT2D eigenvalue weighted by Gasteiger charge is -2.15. The number of ether oxygens (including phenoxy) is 2. The predicted molar refractivity (Wildman–Crippen MR) is 80.8 cm³/mol. The molecule has 21 heavy (non-hydrogen) atoms. The van der Waals surface area contributed by atoms with Gasteiger partial charge in [-0.05, 0) is 0 Å². The maximum atomic E-state index is 11.7. The van der Waals surface area contributed by atoms with Gasteiger partial charge in [-0.1, -0.05) is 42.1 Å². The minimum atomic E-state index is -0.548. The normalized spacial score (nSPS) is 16.0. The molecule has 0 bridgehead atoms. The average molecular weight is 303 g/mol. The lowest BCUT2D eigenvalue weighted by molar-refractivity contribution is -0.135. The van der Waals surface area contributed by atoms with Crippen LogP contribution < -0.4 is 0 Å². The maximum absolute atomic E-state index is 11.7. The maximum Gasteiger partial charge on any atom is 0.340 e. The SMILES string of the molecule is COC(=O)/C=C1\SC(c2ccccc2)=NC=C1C(=O)OC. The molecule has 1 aromatic carbocycles. The Balaban J connectivity index is 2.40. The van der Waals surface area contributed by atoms with Crippen molar-refractivity contribution < 1.29 is 19.1 Å². The van der Waals surface area contributed by atoms with Crippen LogP contribution in [0.2, 0.25) is 0 Å². The van der Waals surface area contributed by atoms with Gasteiger partial charge in [-0.2, -0.15) is 0 Å². The van der Waals surface area contributed by atoms with Crippen molar-refractivity contribution in [3.8, 4) is 0 Å². The molecule has 6 heteroatoms. The molecule has 0 atom stereocenters. The highest BCUT2D eigenvalue weighted by Crippen LogP contribution is 2.33. The molecule has 1 aromatic rings. The van der Waals surface area contributed by atoms with Crippen molar-refractivity contribution in [1.82, 2.24) is 0 Å². The van der Waals surface area contributed by atoms with E-state index in [0.717, 1.165) is 5.56 Å². The third kappa shape index (κ3) is 3.61. The summed E-state index contributed by atoms with van der Waals surface area (Å²) in [6.07, 6.45) is 2.66. The van der Waals surface area contributed by atoms with Crippen LogP contribution in [0.5, 0.6) is 0 Å². The highest BCUT2D eigenvalue weighted by atomic mass is 32.2. The predicted octanol–water partition coefficient (Wildman–Crippen LogP) is 2.29. The molecule has 1 aliphatic rings. The first-order valence-electron chi connectivity index (χ1n) is 6.05. The third-order valence-electron chi connectivity index (χ3n) is 2.66. The fourth-order valence-electron chi connectivity index (χ4n) is 1.62. The Morgan fingerprint density at radius 3 is 2.48 bits per heavy atom. The van der Waals surface area contributed by atoms with Crippen LogP contribution in [0.15, 0.2) is 58.1 Å². The zero-order chi connectivity index (χ0) is 15.2. The monoisotopic (exact) mass is 303 g/mol. The van der Waals surface area contributed by atoms with Crippen molar-refractivity contribution in [2.45, 2.75) is 0 Å². The standard InChI is InChI=1S/C15H13NO4S/c1-19-13(17)8-12-11(15(18)20-2)9-16-14(21-12)10-6-4-3-5-7-10/h3-9H,1-2H3/b12-8-. The summed E-state index contributed by atoms with van der Waals surface area (Å²) in [5, 5.41) is 0.693. The number of methoxy groups -OCH3 is 2. The van der Waals surface area contributed by atoms with Crippen LogP contribution in [0.3, 0.4) is 0 Å². The number of aliphatic imine (C=N–C) groups is 1. The zero-order valence-electron chi connectivity index (χ0n) is 11.5. The van der Waals surface area contributed by atoms with Crippen LogP contribution >= 0.6 is 11.8 Å². The van der Waals surface area contributed by atoms with E-state index in [2.05, 4.69) is 9.73 Å². The summed E-state index contributed by atoms with van der Waals surface area (Å²) in [5.74, 6) is -1.09. The lowest BCUT2D eigenvalue weighted by Crippen LogP contribution is -2.12. The Hall–Kier alpha value is -2.34. The van der Waals surface area contributed by atoms with Gasteiger partial charge in [0.05, 0.1) is 19.8 Å². The average Bonchev–Trinajstić information content (AvgIpc) is 2.54. The summed E-state index contributed by atoms with van der Waals surface area (Å²) in [4.78, 5) is 27.9. The highest BCUT2D eigenvalue weighted by Gasteiger charge is 2.23. The van der Waals surface area contributed by atoms with E-state index in [1.807, 2.05) is 30.3 Å². The van der Waals surface area contributed by atoms with E-state index in [-0.39, 0.29) is 5.57 Å². The van der Waals surface area contributed by atoms with Gasteiger partial charge in [0.2, 0.25) is 0 Å². The van der Waals surface area contributed by atoms with Crippen LogP contribution in [0.25, 0.3) is 0 Å². The van der Waals surface area contributed by atoms with Crippen LogP contribution in [0.1, 0.15) is 5.56 Å². The number of esters is 2. The first kappa shape index (κ1) is 15.1. The number of hydrogen-bond donors (Lipinski definition) is 0. The van der Waals surface area contributed by atoms with Gasteiger partial charge < -0.3 is 9.47 Å². The molecule has 0 aliphatic carbocycles. The smallest absolute Gasteiger partial charge is 0.340 e. The van der Waals surface area contributed by atoms with Crippen LogP contribution in [-0.4, -0.2) is 31.2 Å². The highest BCUT2D eigenvalue weighted by molar-refractivity contribution is 8.18.